The number of hydrogen-bond donors (Lipinski definition) is 0. The van der Waals surface area contributed by atoms with Crippen molar-refractivity contribution in [2.24, 2.45) is 0 Å². The van der Waals surface area contributed by atoms with Crippen molar-refractivity contribution in [1.29, 1.82) is 0 Å². The van der Waals surface area contributed by atoms with Gasteiger partial charge in [-0.15, -0.1) is 0 Å². The Bertz CT molecular complexity index is 583. The SMILES string of the molecule is [c]1ccccc1OCc1nc2ccccc2o1. The van der Waals surface area contributed by atoms with Crippen LogP contribution in [-0.2, 0) is 6.61 Å². The molecular formula is C14H10NO2. The second kappa shape index (κ2) is 4.29. The largest absolute Gasteiger partial charge is 0.483 e. The van der Waals surface area contributed by atoms with Gasteiger partial charge in [0, 0.05) is 6.07 Å². The maximum Gasteiger partial charge on any atom is 0.233 e. The highest BCUT2D eigenvalue weighted by Crippen LogP contribution is 2.16. The first kappa shape index (κ1) is 9.90. The average Bonchev–Trinajstić information content (AvgIpc) is 2.80. The first-order valence-electron chi connectivity index (χ1n) is 5.36. The van der Waals surface area contributed by atoms with E-state index in [1.165, 1.54) is 0 Å². The fourth-order valence-corrected chi connectivity index (χ4v) is 1.59. The number of rotatable bonds is 3. The van der Waals surface area contributed by atoms with Crippen molar-refractivity contribution in [2.75, 3.05) is 0 Å². The quantitative estimate of drug-likeness (QED) is 0.685. The highest BCUT2D eigenvalue weighted by atomic mass is 16.5. The predicted octanol–water partition coefficient (Wildman–Crippen LogP) is 3.21. The van der Waals surface area contributed by atoms with Crippen LogP contribution in [0.5, 0.6) is 5.75 Å². The Labute approximate surface area is 98.7 Å². The van der Waals surface area contributed by atoms with E-state index in [1.807, 2.05) is 42.5 Å². The van der Waals surface area contributed by atoms with E-state index in [4.69, 9.17) is 9.15 Å². The first-order valence-corrected chi connectivity index (χ1v) is 5.36. The van der Waals surface area contributed by atoms with Crippen LogP contribution < -0.4 is 4.74 Å². The van der Waals surface area contributed by atoms with E-state index >= 15 is 0 Å². The molecule has 1 aromatic heterocycles. The Hall–Kier alpha value is -2.29. The first-order chi connectivity index (χ1) is 8.42. The average molecular weight is 224 g/mol. The van der Waals surface area contributed by atoms with Gasteiger partial charge in [-0.05, 0) is 18.2 Å². The summed E-state index contributed by atoms with van der Waals surface area (Å²) in [7, 11) is 0. The molecule has 0 unspecified atom stereocenters. The van der Waals surface area contributed by atoms with Crippen LogP contribution in [0.15, 0.2) is 52.9 Å². The molecule has 0 spiro atoms. The lowest BCUT2D eigenvalue weighted by Gasteiger charge is -2.01. The molecule has 0 atom stereocenters. The molecule has 1 radical (unpaired) electrons. The fourth-order valence-electron chi connectivity index (χ4n) is 1.59. The standard InChI is InChI=1S/C14H10NO2/c1-2-6-11(7-3-1)16-10-14-15-12-8-4-5-9-13(12)17-14/h1-6,8-9H,10H2. The zero-order chi connectivity index (χ0) is 11.5. The molecule has 0 saturated heterocycles. The Kier molecular flexibility index (Phi) is 2.50. The zero-order valence-corrected chi connectivity index (χ0v) is 9.09. The summed E-state index contributed by atoms with van der Waals surface area (Å²) in [6, 6.07) is 18.1. The van der Waals surface area contributed by atoms with E-state index in [-0.39, 0.29) is 0 Å². The molecule has 3 rings (SSSR count). The van der Waals surface area contributed by atoms with Crippen molar-refractivity contribution < 1.29 is 9.15 Å². The van der Waals surface area contributed by atoms with Crippen LogP contribution in [0.1, 0.15) is 5.89 Å². The Balaban J connectivity index is 1.77. The van der Waals surface area contributed by atoms with Crippen molar-refractivity contribution in [1.82, 2.24) is 4.98 Å². The number of benzene rings is 2. The van der Waals surface area contributed by atoms with Gasteiger partial charge in [0.25, 0.3) is 0 Å². The molecule has 1 heterocycles. The summed E-state index contributed by atoms with van der Waals surface area (Å²) in [5, 5.41) is 0. The summed E-state index contributed by atoms with van der Waals surface area (Å²) in [4.78, 5) is 4.32. The third-order valence-corrected chi connectivity index (χ3v) is 2.37. The van der Waals surface area contributed by atoms with Crippen LogP contribution in [0.3, 0.4) is 0 Å². The fraction of sp³-hybridized carbons (Fsp3) is 0.0714. The number of nitrogens with zero attached hydrogens (tertiary/aromatic N) is 1. The third-order valence-electron chi connectivity index (χ3n) is 2.37. The minimum atomic E-state index is 0.315. The molecule has 0 saturated carbocycles. The Morgan fingerprint density at radius 3 is 2.82 bits per heavy atom. The van der Waals surface area contributed by atoms with E-state index in [9.17, 15) is 0 Å². The van der Waals surface area contributed by atoms with Crippen LogP contribution in [0.4, 0.5) is 0 Å². The van der Waals surface area contributed by atoms with Gasteiger partial charge in [-0.25, -0.2) is 4.98 Å². The van der Waals surface area contributed by atoms with Gasteiger partial charge < -0.3 is 9.15 Å². The number of para-hydroxylation sites is 3. The van der Waals surface area contributed by atoms with E-state index in [2.05, 4.69) is 11.1 Å². The molecule has 3 nitrogen and oxygen atoms in total. The van der Waals surface area contributed by atoms with E-state index in [0.717, 1.165) is 11.1 Å². The van der Waals surface area contributed by atoms with Crippen molar-refractivity contribution in [3.63, 3.8) is 0 Å². The molecule has 0 amide bonds. The van der Waals surface area contributed by atoms with Crippen LogP contribution >= 0.6 is 0 Å². The zero-order valence-electron chi connectivity index (χ0n) is 9.09. The third kappa shape index (κ3) is 2.13. The van der Waals surface area contributed by atoms with E-state index < -0.39 is 0 Å². The van der Waals surface area contributed by atoms with Crippen molar-refractivity contribution in [3.05, 3.63) is 60.5 Å². The summed E-state index contributed by atoms with van der Waals surface area (Å²) < 4.78 is 11.0. The molecule has 0 aliphatic rings. The molecule has 0 fully saturated rings. The molecule has 17 heavy (non-hydrogen) atoms. The smallest absolute Gasteiger partial charge is 0.233 e. The molecule has 83 valence electrons. The Morgan fingerprint density at radius 2 is 2.00 bits per heavy atom. The molecule has 2 aromatic carbocycles. The summed E-state index contributed by atoms with van der Waals surface area (Å²) >= 11 is 0. The number of ether oxygens (including phenoxy) is 1. The minimum Gasteiger partial charge on any atom is -0.483 e. The summed E-state index contributed by atoms with van der Waals surface area (Å²) in [6.45, 7) is 0.315. The van der Waals surface area contributed by atoms with Gasteiger partial charge in [0.05, 0.1) is 0 Å². The van der Waals surface area contributed by atoms with Gasteiger partial charge in [0.1, 0.15) is 11.3 Å². The molecule has 0 aliphatic carbocycles. The minimum absolute atomic E-state index is 0.315. The van der Waals surface area contributed by atoms with Crippen LogP contribution in [0.25, 0.3) is 11.1 Å². The second-order valence-corrected chi connectivity index (χ2v) is 3.59. The molecule has 0 aliphatic heterocycles. The topological polar surface area (TPSA) is 35.3 Å². The lowest BCUT2D eigenvalue weighted by Crippen LogP contribution is -1.94. The van der Waals surface area contributed by atoms with E-state index in [1.54, 1.807) is 6.07 Å². The van der Waals surface area contributed by atoms with Gasteiger partial charge in [0.2, 0.25) is 5.89 Å². The van der Waals surface area contributed by atoms with Crippen molar-refractivity contribution in [2.45, 2.75) is 6.61 Å². The molecule has 3 aromatic rings. The van der Waals surface area contributed by atoms with Gasteiger partial charge in [0.15, 0.2) is 12.2 Å². The van der Waals surface area contributed by atoms with Gasteiger partial charge >= 0.3 is 0 Å². The van der Waals surface area contributed by atoms with Gasteiger partial charge in [-0.2, -0.15) is 0 Å². The lowest BCUT2D eigenvalue weighted by molar-refractivity contribution is 0.266. The molecule has 0 bridgehead atoms. The van der Waals surface area contributed by atoms with Crippen LogP contribution in [-0.4, -0.2) is 4.98 Å². The van der Waals surface area contributed by atoms with Crippen molar-refractivity contribution >= 4 is 11.1 Å². The molecular weight excluding hydrogens is 214 g/mol. The summed E-state index contributed by atoms with van der Waals surface area (Å²) in [6.07, 6.45) is 0. The van der Waals surface area contributed by atoms with Crippen molar-refractivity contribution in [3.8, 4) is 5.75 Å². The second-order valence-electron chi connectivity index (χ2n) is 3.59. The summed E-state index contributed by atoms with van der Waals surface area (Å²) in [5.41, 5.74) is 1.63. The summed E-state index contributed by atoms with van der Waals surface area (Å²) in [5.74, 6) is 1.26. The van der Waals surface area contributed by atoms with Gasteiger partial charge in [-0.3, -0.25) is 0 Å². The highest BCUT2D eigenvalue weighted by molar-refractivity contribution is 5.72. The predicted molar refractivity (Wildman–Crippen MR) is 63.6 cm³/mol. The Morgan fingerprint density at radius 1 is 1.12 bits per heavy atom. The monoisotopic (exact) mass is 224 g/mol. The maximum atomic E-state index is 5.54. The normalized spacial score (nSPS) is 10.6. The number of aromatic nitrogens is 1. The molecule has 0 N–H and O–H groups in total. The van der Waals surface area contributed by atoms with Crippen LogP contribution in [0.2, 0.25) is 0 Å². The molecule has 3 heteroatoms. The number of fused-ring (bicyclic) bond motifs is 1. The van der Waals surface area contributed by atoms with Gasteiger partial charge in [-0.1, -0.05) is 30.3 Å². The lowest BCUT2D eigenvalue weighted by atomic mass is 10.3. The van der Waals surface area contributed by atoms with Crippen LogP contribution in [0, 0.1) is 6.07 Å². The maximum absolute atomic E-state index is 5.54. The highest BCUT2D eigenvalue weighted by Gasteiger charge is 2.05. The number of hydrogen-bond acceptors (Lipinski definition) is 3. The van der Waals surface area contributed by atoms with E-state index in [0.29, 0.717) is 18.2 Å². The number of oxazole rings is 1.